The lowest BCUT2D eigenvalue weighted by Gasteiger charge is -2.24. The molecule has 0 atom stereocenters. The Morgan fingerprint density at radius 2 is 1.96 bits per heavy atom. The standard InChI is InChI=1S/C18H24F2N2O4.ClH/c1-22(17(23)3-2-12-4-6-21-7-5-12)10-13-8-15-16(25-11-24-15)9-14(13)26-18(19)20;/h8-9,12,18,21H,2-7,10-11H2,1H3;1H. The Morgan fingerprint density at radius 1 is 1.30 bits per heavy atom. The van der Waals surface area contributed by atoms with Gasteiger partial charge in [0.15, 0.2) is 11.5 Å². The van der Waals surface area contributed by atoms with Crippen molar-refractivity contribution in [2.75, 3.05) is 26.9 Å². The van der Waals surface area contributed by atoms with E-state index in [1.54, 1.807) is 13.1 Å². The summed E-state index contributed by atoms with van der Waals surface area (Å²) in [7, 11) is 1.67. The van der Waals surface area contributed by atoms with Crippen molar-refractivity contribution in [2.24, 2.45) is 5.92 Å². The summed E-state index contributed by atoms with van der Waals surface area (Å²) >= 11 is 0. The molecule has 2 aliphatic rings. The predicted molar refractivity (Wildman–Crippen MR) is 97.7 cm³/mol. The number of fused-ring (bicyclic) bond motifs is 1. The molecule has 0 unspecified atom stereocenters. The van der Waals surface area contributed by atoms with Gasteiger partial charge in [0, 0.05) is 31.6 Å². The van der Waals surface area contributed by atoms with Gasteiger partial charge in [-0.15, -0.1) is 12.4 Å². The Balaban J connectivity index is 0.00000261. The lowest BCUT2D eigenvalue weighted by atomic mass is 9.93. The van der Waals surface area contributed by atoms with E-state index in [1.165, 1.54) is 11.0 Å². The molecule has 0 aliphatic carbocycles. The Kier molecular flexibility index (Phi) is 7.91. The van der Waals surface area contributed by atoms with Gasteiger partial charge in [-0.2, -0.15) is 8.78 Å². The van der Waals surface area contributed by atoms with Gasteiger partial charge in [0.05, 0.1) is 0 Å². The van der Waals surface area contributed by atoms with Gasteiger partial charge in [0.2, 0.25) is 12.7 Å². The van der Waals surface area contributed by atoms with Crippen LogP contribution in [0.25, 0.3) is 0 Å². The molecule has 27 heavy (non-hydrogen) atoms. The van der Waals surface area contributed by atoms with Crippen LogP contribution in [0.1, 0.15) is 31.2 Å². The van der Waals surface area contributed by atoms with Gasteiger partial charge in [0.1, 0.15) is 5.75 Å². The van der Waals surface area contributed by atoms with E-state index < -0.39 is 6.61 Å². The van der Waals surface area contributed by atoms with Crippen LogP contribution in [-0.4, -0.2) is 44.3 Å². The summed E-state index contributed by atoms with van der Waals surface area (Å²) in [5.74, 6) is 1.39. The van der Waals surface area contributed by atoms with E-state index in [-0.39, 0.29) is 37.4 Å². The molecule has 1 aromatic carbocycles. The molecule has 0 aromatic heterocycles. The molecule has 2 heterocycles. The van der Waals surface area contributed by atoms with E-state index in [4.69, 9.17) is 9.47 Å². The monoisotopic (exact) mass is 406 g/mol. The molecular weight excluding hydrogens is 382 g/mol. The summed E-state index contributed by atoms with van der Waals surface area (Å²) in [6.07, 6.45) is 3.49. The van der Waals surface area contributed by atoms with E-state index >= 15 is 0 Å². The summed E-state index contributed by atoms with van der Waals surface area (Å²) in [6, 6.07) is 2.98. The summed E-state index contributed by atoms with van der Waals surface area (Å²) < 4.78 is 40.5. The minimum absolute atomic E-state index is 0. The van der Waals surface area contributed by atoms with Gasteiger partial charge in [0.25, 0.3) is 0 Å². The van der Waals surface area contributed by atoms with Crippen molar-refractivity contribution in [3.63, 3.8) is 0 Å². The van der Waals surface area contributed by atoms with Crippen molar-refractivity contribution < 1.29 is 27.8 Å². The maximum Gasteiger partial charge on any atom is 0.387 e. The SMILES string of the molecule is CN(Cc1cc2c(cc1OC(F)F)OCO2)C(=O)CCC1CCNCC1.Cl. The molecule has 0 bridgehead atoms. The molecule has 1 amide bonds. The molecule has 1 aromatic rings. The third kappa shape index (κ3) is 5.84. The number of benzene rings is 1. The third-order valence-corrected chi connectivity index (χ3v) is 4.83. The van der Waals surface area contributed by atoms with Crippen LogP contribution in [-0.2, 0) is 11.3 Å². The smallest absolute Gasteiger partial charge is 0.387 e. The van der Waals surface area contributed by atoms with Crippen LogP contribution >= 0.6 is 12.4 Å². The second-order valence-corrected chi connectivity index (χ2v) is 6.67. The molecule has 0 saturated carbocycles. The molecule has 152 valence electrons. The minimum atomic E-state index is -2.95. The molecule has 1 saturated heterocycles. The number of carbonyl (C=O) groups excluding carboxylic acids is 1. The maximum atomic E-state index is 12.7. The predicted octanol–water partition coefficient (Wildman–Crippen LogP) is 3.18. The van der Waals surface area contributed by atoms with E-state index in [0.717, 1.165) is 32.4 Å². The normalized spacial score (nSPS) is 16.1. The minimum Gasteiger partial charge on any atom is -0.454 e. The fourth-order valence-electron chi connectivity index (χ4n) is 3.33. The molecule has 1 N–H and O–H groups in total. The van der Waals surface area contributed by atoms with Gasteiger partial charge in [-0.1, -0.05) is 0 Å². The van der Waals surface area contributed by atoms with Crippen LogP contribution < -0.4 is 19.5 Å². The van der Waals surface area contributed by atoms with Crippen LogP contribution in [0.15, 0.2) is 12.1 Å². The number of nitrogens with one attached hydrogen (secondary N) is 1. The summed E-state index contributed by atoms with van der Waals surface area (Å²) in [4.78, 5) is 14.0. The average Bonchev–Trinajstić information content (AvgIpc) is 3.07. The first-order valence-corrected chi connectivity index (χ1v) is 8.85. The largest absolute Gasteiger partial charge is 0.454 e. The fourth-order valence-corrected chi connectivity index (χ4v) is 3.33. The lowest BCUT2D eigenvalue weighted by Crippen LogP contribution is -2.30. The van der Waals surface area contributed by atoms with Crippen LogP contribution in [0.2, 0.25) is 0 Å². The highest BCUT2D eigenvalue weighted by atomic mass is 35.5. The number of hydrogen-bond acceptors (Lipinski definition) is 5. The number of halogens is 3. The van der Waals surface area contributed by atoms with Gasteiger partial charge in [-0.3, -0.25) is 4.79 Å². The van der Waals surface area contributed by atoms with Crippen LogP contribution in [0.3, 0.4) is 0 Å². The van der Waals surface area contributed by atoms with E-state index in [1.807, 2.05) is 0 Å². The third-order valence-electron chi connectivity index (χ3n) is 4.83. The van der Waals surface area contributed by atoms with E-state index in [9.17, 15) is 13.6 Å². The van der Waals surface area contributed by atoms with E-state index in [2.05, 4.69) is 10.1 Å². The first-order chi connectivity index (χ1) is 12.5. The molecule has 2 aliphatic heterocycles. The first kappa shape index (κ1) is 21.5. The number of rotatable bonds is 7. The molecule has 0 radical (unpaired) electrons. The van der Waals surface area contributed by atoms with E-state index in [0.29, 0.717) is 29.4 Å². The van der Waals surface area contributed by atoms with Crippen LogP contribution in [0.5, 0.6) is 17.2 Å². The van der Waals surface area contributed by atoms with Crippen LogP contribution in [0, 0.1) is 5.92 Å². The zero-order valence-electron chi connectivity index (χ0n) is 15.2. The average molecular weight is 407 g/mol. The Labute approximate surface area is 163 Å². The highest BCUT2D eigenvalue weighted by Crippen LogP contribution is 2.39. The number of hydrogen-bond donors (Lipinski definition) is 1. The topological polar surface area (TPSA) is 60.0 Å². The van der Waals surface area contributed by atoms with Crippen molar-refractivity contribution in [1.29, 1.82) is 0 Å². The van der Waals surface area contributed by atoms with Crippen molar-refractivity contribution in [1.82, 2.24) is 10.2 Å². The number of carbonyl (C=O) groups is 1. The molecule has 0 spiro atoms. The Morgan fingerprint density at radius 3 is 2.63 bits per heavy atom. The zero-order valence-corrected chi connectivity index (χ0v) is 16.0. The highest BCUT2D eigenvalue weighted by Gasteiger charge is 2.22. The van der Waals surface area contributed by atoms with Crippen molar-refractivity contribution in [2.45, 2.75) is 38.8 Å². The van der Waals surface area contributed by atoms with Gasteiger partial charge >= 0.3 is 6.61 Å². The summed E-state index contributed by atoms with van der Waals surface area (Å²) in [6.45, 7) is -0.739. The second-order valence-electron chi connectivity index (χ2n) is 6.67. The fraction of sp³-hybridized carbons (Fsp3) is 0.611. The first-order valence-electron chi connectivity index (χ1n) is 8.85. The molecule has 6 nitrogen and oxygen atoms in total. The van der Waals surface area contributed by atoms with Gasteiger partial charge in [-0.25, -0.2) is 0 Å². The highest BCUT2D eigenvalue weighted by molar-refractivity contribution is 5.85. The maximum absolute atomic E-state index is 12.7. The molecular formula is C18H25ClF2N2O4. The summed E-state index contributed by atoms with van der Waals surface area (Å²) in [5, 5.41) is 3.31. The zero-order chi connectivity index (χ0) is 18.5. The van der Waals surface area contributed by atoms with Crippen LogP contribution in [0.4, 0.5) is 8.78 Å². The Hall–Kier alpha value is -1.80. The second kappa shape index (κ2) is 9.94. The van der Waals surface area contributed by atoms with Gasteiger partial charge in [-0.05, 0) is 44.3 Å². The molecule has 3 rings (SSSR count). The number of piperidine rings is 1. The van der Waals surface area contributed by atoms with Crippen molar-refractivity contribution in [3.05, 3.63) is 17.7 Å². The van der Waals surface area contributed by atoms with Crippen molar-refractivity contribution in [3.8, 4) is 17.2 Å². The summed E-state index contributed by atoms with van der Waals surface area (Å²) in [5.41, 5.74) is 0.465. The molecule has 1 fully saturated rings. The Bertz CT molecular complexity index is 642. The van der Waals surface area contributed by atoms with Crippen molar-refractivity contribution >= 4 is 18.3 Å². The molecule has 9 heteroatoms. The number of ether oxygens (including phenoxy) is 3. The quantitative estimate of drug-likeness (QED) is 0.753. The number of alkyl halides is 2. The van der Waals surface area contributed by atoms with Gasteiger partial charge < -0.3 is 24.4 Å². The number of amides is 1. The number of nitrogens with zero attached hydrogens (tertiary/aromatic N) is 1. The lowest BCUT2D eigenvalue weighted by molar-refractivity contribution is -0.130.